The summed E-state index contributed by atoms with van der Waals surface area (Å²) in [4.78, 5) is 9.23. The van der Waals surface area contributed by atoms with Gasteiger partial charge in [0.2, 0.25) is 0 Å². The molecule has 0 amide bonds. The molecule has 2 N–H and O–H groups in total. The third-order valence-electron chi connectivity index (χ3n) is 6.23. The van der Waals surface area contributed by atoms with Crippen molar-refractivity contribution in [2.75, 3.05) is 52.3 Å². The van der Waals surface area contributed by atoms with Gasteiger partial charge in [0.15, 0.2) is 5.96 Å². The Bertz CT molecular complexity index is 949. The molecular weight excluding hydrogens is 541 g/mol. The number of methoxy groups -OCH3 is 2. The minimum absolute atomic E-state index is 0. The van der Waals surface area contributed by atoms with E-state index in [-0.39, 0.29) is 24.0 Å². The van der Waals surface area contributed by atoms with E-state index in [0.717, 1.165) is 63.1 Å². The zero-order chi connectivity index (χ0) is 23.0. The molecular formula is C26H36IN5O2. The first-order chi connectivity index (χ1) is 16.2. The number of rotatable bonds is 8. The molecule has 0 bridgehead atoms. The number of benzene rings is 2. The summed E-state index contributed by atoms with van der Waals surface area (Å²) >= 11 is 0. The Labute approximate surface area is 220 Å². The standard InChI is InChI=1S/C26H35N5O2.HI/c1-27-26(28-17-20-6-8-23(9-7-20)31-11-4-5-12-31)29-22-10-13-30(19-22)18-21-14-24(32-2)16-25(15-21)33-3;/h4-9,14-16,22H,10-13,17-19H2,1-3H3,(H2,27,28,29);1H. The van der Waals surface area contributed by atoms with Crippen LogP contribution in [0.15, 0.2) is 59.6 Å². The van der Waals surface area contributed by atoms with Crippen molar-refractivity contribution in [2.45, 2.75) is 25.6 Å². The summed E-state index contributed by atoms with van der Waals surface area (Å²) in [5.74, 6) is 2.50. The normalized spacial score (nSPS) is 18.0. The van der Waals surface area contributed by atoms with Gasteiger partial charge < -0.3 is 25.0 Å². The first-order valence-corrected chi connectivity index (χ1v) is 11.6. The molecule has 2 aromatic rings. The molecule has 34 heavy (non-hydrogen) atoms. The fourth-order valence-corrected chi connectivity index (χ4v) is 4.40. The Morgan fingerprint density at radius 2 is 1.68 bits per heavy atom. The van der Waals surface area contributed by atoms with Gasteiger partial charge in [-0.15, -0.1) is 24.0 Å². The second-order valence-corrected chi connectivity index (χ2v) is 8.55. The number of anilines is 1. The van der Waals surface area contributed by atoms with Gasteiger partial charge in [-0.25, -0.2) is 0 Å². The topological polar surface area (TPSA) is 61.4 Å². The van der Waals surface area contributed by atoms with E-state index in [9.17, 15) is 0 Å². The maximum absolute atomic E-state index is 5.41. The Hall–Kier alpha value is -2.46. The predicted octanol–water partition coefficient (Wildman–Crippen LogP) is 3.64. The van der Waals surface area contributed by atoms with E-state index in [1.165, 1.54) is 16.8 Å². The molecule has 2 aliphatic heterocycles. The third-order valence-corrected chi connectivity index (χ3v) is 6.23. The van der Waals surface area contributed by atoms with Crippen molar-refractivity contribution < 1.29 is 9.47 Å². The van der Waals surface area contributed by atoms with Gasteiger partial charge in [0.1, 0.15) is 11.5 Å². The summed E-state index contributed by atoms with van der Waals surface area (Å²) < 4.78 is 10.8. The fraction of sp³-hybridized carbons (Fsp3) is 0.423. The van der Waals surface area contributed by atoms with E-state index in [1.54, 1.807) is 14.2 Å². The minimum atomic E-state index is 0. The molecule has 8 heteroatoms. The number of hydrogen-bond donors (Lipinski definition) is 2. The Balaban J connectivity index is 0.00000324. The molecule has 2 aromatic carbocycles. The Morgan fingerprint density at radius 3 is 2.29 bits per heavy atom. The van der Waals surface area contributed by atoms with E-state index in [0.29, 0.717) is 6.04 Å². The van der Waals surface area contributed by atoms with Crippen molar-refractivity contribution >= 4 is 35.6 Å². The monoisotopic (exact) mass is 577 g/mol. The van der Waals surface area contributed by atoms with E-state index in [2.05, 4.69) is 74.0 Å². The molecule has 1 fully saturated rings. The molecule has 184 valence electrons. The van der Waals surface area contributed by atoms with Crippen LogP contribution in [0.3, 0.4) is 0 Å². The van der Waals surface area contributed by atoms with Crippen LogP contribution in [0.2, 0.25) is 0 Å². The highest BCUT2D eigenvalue weighted by atomic mass is 127. The fourth-order valence-electron chi connectivity index (χ4n) is 4.40. The van der Waals surface area contributed by atoms with Gasteiger partial charge in [-0.1, -0.05) is 24.3 Å². The Kier molecular flexibility index (Phi) is 9.88. The minimum Gasteiger partial charge on any atom is -0.497 e. The average Bonchev–Trinajstić information content (AvgIpc) is 3.54. The summed E-state index contributed by atoms with van der Waals surface area (Å²) in [7, 11) is 5.20. The lowest BCUT2D eigenvalue weighted by Crippen LogP contribution is -2.44. The van der Waals surface area contributed by atoms with Crippen LogP contribution in [0.4, 0.5) is 5.69 Å². The van der Waals surface area contributed by atoms with Crippen LogP contribution in [0.5, 0.6) is 11.5 Å². The predicted molar refractivity (Wildman–Crippen MR) is 150 cm³/mol. The molecule has 0 spiro atoms. The summed E-state index contributed by atoms with van der Waals surface area (Å²) in [5, 5.41) is 7.04. The van der Waals surface area contributed by atoms with Crippen molar-refractivity contribution in [1.29, 1.82) is 0 Å². The molecule has 1 atom stereocenters. The molecule has 1 saturated heterocycles. The van der Waals surface area contributed by atoms with Crippen LogP contribution >= 0.6 is 24.0 Å². The second kappa shape index (κ2) is 12.9. The smallest absolute Gasteiger partial charge is 0.191 e. The molecule has 1 unspecified atom stereocenters. The number of aliphatic imine (C=N–C) groups is 1. The van der Waals surface area contributed by atoms with Crippen molar-refractivity contribution in [1.82, 2.24) is 15.5 Å². The summed E-state index contributed by atoms with van der Waals surface area (Å²) in [6.07, 6.45) is 5.51. The average molecular weight is 578 g/mol. The van der Waals surface area contributed by atoms with Crippen LogP contribution in [0.25, 0.3) is 0 Å². The summed E-state index contributed by atoms with van der Waals surface area (Å²) in [6.45, 7) is 5.63. The van der Waals surface area contributed by atoms with Crippen molar-refractivity contribution in [3.63, 3.8) is 0 Å². The lowest BCUT2D eigenvalue weighted by Gasteiger charge is -2.20. The lowest BCUT2D eigenvalue weighted by molar-refractivity contribution is 0.321. The first-order valence-electron chi connectivity index (χ1n) is 11.6. The highest BCUT2D eigenvalue weighted by Gasteiger charge is 2.23. The molecule has 0 aromatic heterocycles. The van der Waals surface area contributed by atoms with Crippen LogP contribution in [0.1, 0.15) is 17.5 Å². The van der Waals surface area contributed by atoms with Crippen molar-refractivity contribution in [3.05, 3.63) is 65.7 Å². The zero-order valence-electron chi connectivity index (χ0n) is 20.3. The number of guanidine groups is 1. The maximum atomic E-state index is 5.41. The highest BCUT2D eigenvalue weighted by molar-refractivity contribution is 14.0. The lowest BCUT2D eigenvalue weighted by atomic mass is 10.2. The highest BCUT2D eigenvalue weighted by Crippen LogP contribution is 2.24. The number of halogens is 1. The quantitative estimate of drug-likeness (QED) is 0.216. The third kappa shape index (κ3) is 7.02. The van der Waals surface area contributed by atoms with Crippen molar-refractivity contribution in [3.8, 4) is 11.5 Å². The van der Waals surface area contributed by atoms with E-state index < -0.39 is 0 Å². The maximum Gasteiger partial charge on any atom is 0.191 e. The molecule has 2 aliphatic rings. The molecule has 7 nitrogen and oxygen atoms in total. The van der Waals surface area contributed by atoms with E-state index in [4.69, 9.17) is 9.47 Å². The summed E-state index contributed by atoms with van der Waals surface area (Å²) in [6, 6.07) is 15.2. The molecule has 0 saturated carbocycles. The van der Waals surface area contributed by atoms with Crippen LogP contribution in [-0.4, -0.2) is 64.3 Å². The number of hydrogen-bond acceptors (Lipinski definition) is 5. The van der Waals surface area contributed by atoms with Gasteiger partial charge in [-0.2, -0.15) is 0 Å². The zero-order valence-corrected chi connectivity index (χ0v) is 22.6. The molecule has 2 heterocycles. The van der Waals surface area contributed by atoms with Gasteiger partial charge in [0.05, 0.1) is 14.2 Å². The van der Waals surface area contributed by atoms with Gasteiger partial charge in [-0.3, -0.25) is 9.89 Å². The first kappa shape index (κ1) is 26.2. The van der Waals surface area contributed by atoms with Crippen LogP contribution < -0.4 is 25.0 Å². The molecule has 4 rings (SSSR count). The van der Waals surface area contributed by atoms with Gasteiger partial charge in [-0.05, 0) is 41.8 Å². The van der Waals surface area contributed by atoms with E-state index in [1.807, 2.05) is 13.1 Å². The van der Waals surface area contributed by atoms with Gasteiger partial charge >= 0.3 is 0 Å². The Morgan fingerprint density at radius 1 is 1.00 bits per heavy atom. The molecule has 0 radical (unpaired) electrons. The van der Waals surface area contributed by atoms with Gasteiger partial charge in [0.25, 0.3) is 0 Å². The summed E-state index contributed by atoms with van der Waals surface area (Å²) in [5.41, 5.74) is 3.71. The van der Waals surface area contributed by atoms with Crippen molar-refractivity contribution in [2.24, 2.45) is 4.99 Å². The van der Waals surface area contributed by atoms with E-state index >= 15 is 0 Å². The molecule has 0 aliphatic carbocycles. The largest absolute Gasteiger partial charge is 0.497 e. The SMILES string of the molecule is CN=C(NCc1ccc(N2CC=CC2)cc1)NC1CCN(Cc2cc(OC)cc(OC)c2)C1.I. The van der Waals surface area contributed by atoms with Crippen LogP contribution in [-0.2, 0) is 13.1 Å². The number of ether oxygens (including phenoxy) is 2. The van der Waals surface area contributed by atoms with Crippen LogP contribution in [0, 0.1) is 0 Å². The number of likely N-dealkylation sites (tertiary alicyclic amines) is 1. The number of nitrogens with zero attached hydrogens (tertiary/aromatic N) is 3. The second-order valence-electron chi connectivity index (χ2n) is 8.55. The number of nitrogens with one attached hydrogen (secondary N) is 2. The van der Waals surface area contributed by atoms with Gasteiger partial charge in [0, 0.05) is 64.1 Å².